The van der Waals surface area contributed by atoms with E-state index < -0.39 is 24.0 Å². The smallest absolute Gasteiger partial charge is 0.293 e. The van der Waals surface area contributed by atoms with Crippen LogP contribution in [-0.4, -0.2) is 38.6 Å². The van der Waals surface area contributed by atoms with Crippen LogP contribution in [0.25, 0.3) is 0 Å². The number of fused-ring (bicyclic) bond motifs is 1. The molecule has 122 valence electrons. The molecular weight excluding hydrogens is 292 g/mol. The number of halogens is 2. The van der Waals surface area contributed by atoms with Gasteiger partial charge >= 0.3 is 0 Å². The second-order valence-electron chi connectivity index (χ2n) is 6.29. The number of hydrogen-bond acceptors (Lipinski definition) is 3. The maximum Gasteiger partial charge on any atom is 0.293 e. The highest BCUT2D eigenvalue weighted by atomic mass is 19.3. The quantitative estimate of drug-likeness (QED) is 0.892. The summed E-state index contributed by atoms with van der Waals surface area (Å²) < 4.78 is 30.3. The minimum Gasteiger partial charge on any atom is -0.384 e. The first-order chi connectivity index (χ1) is 10.4. The summed E-state index contributed by atoms with van der Waals surface area (Å²) in [5.41, 5.74) is -1.68. The topological polar surface area (TPSA) is 67.2 Å². The molecule has 2 aliphatic rings. The molecule has 2 N–H and O–H groups in total. The molecule has 1 amide bonds. The van der Waals surface area contributed by atoms with Gasteiger partial charge in [-0.25, -0.2) is 13.8 Å². The van der Waals surface area contributed by atoms with E-state index in [1.165, 1.54) is 6.20 Å². The summed E-state index contributed by atoms with van der Waals surface area (Å²) >= 11 is 0. The molecule has 0 atom stereocenters. The van der Waals surface area contributed by atoms with Gasteiger partial charge in [0.05, 0.1) is 12.7 Å². The zero-order valence-electron chi connectivity index (χ0n) is 12.4. The van der Waals surface area contributed by atoms with Gasteiger partial charge in [-0.1, -0.05) is 19.3 Å². The number of carbonyl (C=O) groups is 1. The lowest BCUT2D eigenvalue weighted by molar-refractivity contribution is -0.191. The Labute approximate surface area is 127 Å². The molecule has 0 radical (unpaired) electrons. The molecule has 2 heterocycles. The molecule has 5 nitrogen and oxygen atoms in total. The summed E-state index contributed by atoms with van der Waals surface area (Å²) in [5, 5.41) is 12.4. The predicted molar refractivity (Wildman–Crippen MR) is 75.9 cm³/mol. The van der Waals surface area contributed by atoms with E-state index in [9.17, 15) is 18.7 Å². The van der Waals surface area contributed by atoms with Crippen molar-refractivity contribution in [3.63, 3.8) is 0 Å². The largest absolute Gasteiger partial charge is 0.384 e. The van der Waals surface area contributed by atoms with Crippen molar-refractivity contribution in [1.29, 1.82) is 0 Å². The normalized spacial score (nSPS) is 20.7. The molecule has 0 bridgehead atoms. The molecule has 0 spiro atoms. The Bertz CT molecular complexity index is 565. The standard InChI is InChI=1S/C15H21F2N3O2/c16-15(17,14(22)6-2-1-3-7-14)10-19-13(21)11-9-18-12-5-4-8-20(11)12/h9,22H,1-8,10H2,(H,19,21). The number of alkyl halides is 2. The van der Waals surface area contributed by atoms with Gasteiger partial charge in [0.2, 0.25) is 0 Å². The Morgan fingerprint density at radius 2 is 2.09 bits per heavy atom. The van der Waals surface area contributed by atoms with E-state index in [0.29, 0.717) is 25.1 Å². The summed E-state index contributed by atoms with van der Waals surface area (Å²) in [5.74, 6) is -3.06. The van der Waals surface area contributed by atoms with E-state index in [1.54, 1.807) is 4.57 Å². The van der Waals surface area contributed by atoms with Gasteiger partial charge in [0.25, 0.3) is 11.8 Å². The minimum absolute atomic E-state index is 0.0813. The van der Waals surface area contributed by atoms with Crippen LogP contribution in [0.15, 0.2) is 6.20 Å². The number of amides is 1. The third-order valence-electron chi connectivity index (χ3n) is 4.79. The van der Waals surface area contributed by atoms with Crippen LogP contribution in [0.3, 0.4) is 0 Å². The van der Waals surface area contributed by atoms with Crippen LogP contribution in [0.5, 0.6) is 0 Å². The van der Waals surface area contributed by atoms with Crippen LogP contribution in [0.2, 0.25) is 0 Å². The highest BCUT2D eigenvalue weighted by Crippen LogP contribution is 2.40. The lowest BCUT2D eigenvalue weighted by atomic mass is 9.80. The molecule has 0 saturated heterocycles. The van der Waals surface area contributed by atoms with Crippen molar-refractivity contribution in [2.75, 3.05) is 6.54 Å². The van der Waals surface area contributed by atoms with Gasteiger partial charge in [-0.15, -0.1) is 0 Å². The van der Waals surface area contributed by atoms with Crippen LogP contribution in [0, 0.1) is 0 Å². The van der Waals surface area contributed by atoms with Gasteiger partial charge in [0.15, 0.2) is 0 Å². The minimum atomic E-state index is -3.32. The fourth-order valence-electron chi connectivity index (χ4n) is 3.39. The molecule has 0 unspecified atom stereocenters. The van der Waals surface area contributed by atoms with Gasteiger partial charge in [0.1, 0.15) is 17.1 Å². The molecule has 1 fully saturated rings. The lowest BCUT2D eigenvalue weighted by Crippen LogP contribution is -2.55. The number of aryl methyl sites for hydroxylation is 1. The van der Waals surface area contributed by atoms with Gasteiger partial charge in [-0.2, -0.15) is 0 Å². The van der Waals surface area contributed by atoms with Crippen molar-refractivity contribution < 1.29 is 18.7 Å². The second-order valence-corrected chi connectivity index (χ2v) is 6.29. The van der Waals surface area contributed by atoms with Crippen molar-refractivity contribution in [3.8, 4) is 0 Å². The Morgan fingerprint density at radius 3 is 2.82 bits per heavy atom. The highest BCUT2D eigenvalue weighted by Gasteiger charge is 2.52. The fraction of sp³-hybridized carbons (Fsp3) is 0.733. The number of aromatic nitrogens is 2. The Kier molecular flexibility index (Phi) is 3.92. The van der Waals surface area contributed by atoms with Crippen LogP contribution in [0.1, 0.15) is 54.8 Å². The maximum atomic E-state index is 14.3. The Hall–Kier alpha value is -1.50. The molecule has 7 heteroatoms. The van der Waals surface area contributed by atoms with E-state index in [4.69, 9.17) is 0 Å². The number of nitrogens with one attached hydrogen (secondary N) is 1. The average molecular weight is 313 g/mol. The molecule has 0 aromatic carbocycles. The highest BCUT2D eigenvalue weighted by molar-refractivity contribution is 5.92. The van der Waals surface area contributed by atoms with Crippen molar-refractivity contribution in [2.24, 2.45) is 0 Å². The van der Waals surface area contributed by atoms with Gasteiger partial charge in [-0.3, -0.25) is 4.79 Å². The number of hydrogen-bond donors (Lipinski definition) is 2. The molecule has 1 saturated carbocycles. The van der Waals surface area contributed by atoms with Crippen molar-refractivity contribution in [3.05, 3.63) is 17.7 Å². The average Bonchev–Trinajstić information content (AvgIpc) is 3.08. The molecule has 3 rings (SSSR count). The number of nitrogens with zero attached hydrogens (tertiary/aromatic N) is 2. The van der Waals surface area contributed by atoms with Crippen molar-refractivity contribution >= 4 is 5.91 Å². The summed E-state index contributed by atoms with van der Waals surface area (Å²) in [6.07, 6.45) is 5.37. The number of imidazole rings is 1. The summed E-state index contributed by atoms with van der Waals surface area (Å²) in [4.78, 5) is 16.2. The number of carbonyl (C=O) groups excluding carboxylic acids is 1. The predicted octanol–water partition coefficient (Wildman–Crippen LogP) is 1.89. The van der Waals surface area contributed by atoms with E-state index in [0.717, 1.165) is 25.1 Å². The first kappa shape index (κ1) is 15.4. The molecule has 1 aliphatic heterocycles. The first-order valence-corrected chi connectivity index (χ1v) is 7.86. The first-order valence-electron chi connectivity index (χ1n) is 7.86. The molecular formula is C15H21F2N3O2. The number of aliphatic hydroxyl groups is 1. The monoisotopic (exact) mass is 313 g/mol. The zero-order valence-corrected chi connectivity index (χ0v) is 12.4. The van der Waals surface area contributed by atoms with Gasteiger partial charge in [0, 0.05) is 13.0 Å². The van der Waals surface area contributed by atoms with Crippen LogP contribution in [-0.2, 0) is 13.0 Å². The zero-order chi connectivity index (χ0) is 15.8. The number of rotatable bonds is 4. The van der Waals surface area contributed by atoms with Gasteiger partial charge < -0.3 is 15.0 Å². The van der Waals surface area contributed by atoms with E-state index in [1.807, 2.05) is 0 Å². The SMILES string of the molecule is O=C(NCC(F)(F)C1(O)CCCCC1)c1cnc2n1CCC2. The third-order valence-corrected chi connectivity index (χ3v) is 4.79. The van der Waals surface area contributed by atoms with Crippen molar-refractivity contribution in [1.82, 2.24) is 14.9 Å². The van der Waals surface area contributed by atoms with E-state index >= 15 is 0 Å². The van der Waals surface area contributed by atoms with Crippen LogP contribution >= 0.6 is 0 Å². The molecule has 1 aromatic heterocycles. The Morgan fingerprint density at radius 1 is 1.36 bits per heavy atom. The molecule has 1 aliphatic carbocycles. The van der Waals surface area contributed by atoms with E-state index in [2.05, 4.69) is 10.3 Å². The third kappa shape index (κ3) is 2.62. The second kappa shape index (κ2) is 5.61. The molecule has 1 aromatic rings. The summed E-state index contributed by atoms with van der Waals surface area (Å²) in [6.45, 7) is -0.152. The summed E-state index contributed by atoms with van der Waals surface area (Å²) in [7, 11) is 0. The van der Waals surface area contributed by atoms with Crippen LogP contribution < -0.4 is 5.32 Å². The fourth-order valence-corrected chi connectivity index (χ4v) is 3.39. The van der Waals surface area contributed by atoms with Gasteiger partial charge in [-0.05, 0) is 19.3 Å². The molecule has 22 heavy (non-hydrogen) atoms. The lowest BCUT2D eigenvalue weighted by Gasteiger charge is -2.38. The maximum absolute atomic E-state index is 14.3. The van der Waals surface area contributed by atoms with E-state index in [-0.39, 0.29) is 12.8 Å². The van der Waals surface area contributed by atoms with Crippen LogP contribution in [0.4, 0.5) is 8.78 Å². The summed E-state index contributed by atoms with van der Waals surface area (Å²) in [6, 6.07) is 0. The van der Waals surface area contributed by atoms with Crippen molar-refractivity contribution in [2.45, 2.75) is 63.0 Å². The Balaban J connectivity index is 1.64.